The molecule has 0 bridgehead atoms. The SMILES string of the molecule is CC(C)(CCCBr)OS. The van der Waals surface area contributed by atoms with E-state index in [1.54, 1.807) is 0 Å². The van der Waals surface area contributed by atoms with E-state index in [9.17, 15) is 0 Å². The minimum absolute atomic E-state index is 0.0725. The van der Waals surface area contributed by atoms with Gasteiger partial charge in [0, 0.05) is 5.33 Å². The summed E-state index contributed by atoms with van der Waals surface area (Å²) >= 11 is 7.11. The lowest BCUT2D eigenvalue weighted by atomic mass is 10.0. The van der Waals surface area contributed by atoms with Crippen molar-refractivity contribution in [1.82, 2.24) is 0 Å². The van der Waals surface area contributed by atoms with Crippen molar-refractivity contribution in [2.24, 2.45) is 0 Å². The lowest BCUT2D eigenvalue weighted by molar-refractivity contribution is 0.133. The van der Waals surface area contributed by atoms with Crippen LogP contribution in [0, 0.1) is 0 Å². The van der Waals surface area contributed by atoms with Crippen LogP contribution in [0.15, 0.2) is 0 Å². The average molecular weight is 213 g/mol. The van der Waals surface area contributed by atoms with Crippen molar-refractivity contribution in [3.8, 4) is 0 Å². The molecule has 0 aliphatic heterocycles. The molecule has 0 fully saturated rings. The summed E-state index contributed by atoms with van der Waals surface area (Å²) in [6.07, 6.45) is 2.18. The molecule has 0 saturated heterocycles. The van der Waals surface area contributed by atoms with E-state index in [1.165, 1.54) is 0 Å². The first-order valence-electron chi connectivity index (χ1n) is 3.01. The van der Waals surface area contributed by atoms with Crippen molar-refractivity contribution in [1.29, 1.82) is 0 Å². The van der Waals surface area contributed by atoms with E-state index in [1.807, 2.05) is 13.8 Å². The van der Waals surface area contributed by atoms with Gasteiger partial charge < -0.3 is 4.18 Å². The second-order valence-corrected chi connectivity index (χ2v) is 3.62. The van der Waals surface area contributed by atoms with Crippen molar-refractivity contribution in [2.75, 3.05) is 5.33 Å². The Kier molecular flexibility index (Phi) is 4.98. The quantitative estimate of drug-likeness (QED) is 0.429. The van der Waals surface area contributed by atoms with E-state index in [0.717, 1.165) is 18.2 Å². The topological polar surface area (TPSA) is 9.23 Å². The van der Waals surface area contributed by atoms with Crippen molar-refractivity contribution in [3.05, 3.63) is 0 Å². The van der Waals surface area contributed by atoms with Crippen molar-refractivity contribution >= 4 is 28.8 Å². The number of rotatable bonds is 4. The van der Waals surface area contributed by atoms with Crippen LogP contribution in [0.5, 0.6) is 0 Å². The summed E-state index contributed by atoms with van der Waals surface area (Å²) in [7, 11) is 0. The Morgan fingerprint density at radius 2 is 2.11 bits per heavy atom. The molecule has 0 aromatic rings. The maximum absolute atomic E-state index is 4.91. The highest BCUT2D eigenvalue weighted by Gasteiger charge is 2.15. The van der Waals surface area contributed by atoms with Crippen molar-refractivity contribution in [3.63, 3.8) is 0 Å². The zero-order chi connectivity index (χ0) is 7.33. The number of hydrogen-bond acceptors (Lipinski definition) is 2. The molecule has 0 radical (unpaired) electrons. The molecule has 0 N–H and O–H groups in total. The van der Waals surface area contributed by atoms with E-state index in [0.29, 0.717) is 0 Å². The molecule has 0 unspecified atom stereocenters. The Balaban J connectivity index is 3.33. The molecular weight excluding hydrogens is 200 g/mol. The third-order valence-electron chi connectivity index (χ3n) is 1.16. The molecule has 0 amide bonds. The van der Waals surface area contributed by atoms with Crippen LogP contribution in [0.25, 0.3) is 0 Å². The molecule has 0 rings (SSSR count). The molecule has 0 aromatic heterocycles. The molecule has 3 heteroatoms. The van der Waals surface area contributed by atoms with Gasteiger partial charge in [-0.25, -0.2) is 0 Å². The molecule has 0 aromatic carbocycles. The first kappa shape index (κ1) is 9.79. The molecular formula is C6H13BrOS. The third-order valence-corrected chi connectivity index (χ3v) is 2.21. The molecule has 0 aliphatic carbocycles. The number of thiol groups is 1. The fourth-order valence-electron chi connectivity index (χ4n) is 0.538. The maximum Gasteiger partial charge on any atom is 0.0770 e. The predicted molar refractivity (Wildman–Crippen MR) is 47.2 cm³/mol. The van der Waals surface area contributed by atoms with Crippen LogP contribution in [-0.2, 0) is 4.18 Å². The fraction of sp³-hybridized carbons (Fsp3) is 1.00. The summed E-state index contributed by atoms with van der Waals surface area (Å²) in [5.74, 6) is 0. The molecule has 0 aliphatic rings. The van der Waals surface area contributed by atoms with E-state index < -0.39 is 0 Å². The predicted octanol–water partition coefficient (Wildman–Crippen LogP) is 2.80. The standard InChI is InChI=1S/C6H13BrOS/c1-6(2,8-9)4-3-5-7/h9H,3-5H2,1-2H3. The summed E-state index contributed by atoms with van der Waals surface area (Å²) in [6.45, 7) is 4.06. The lowest BCUT2D eigenvalue weighted by Gasteiger charge is -2.20. The Morgan fingerprint density at radius 3 is 2.44 bits per heavy atom. The number of halogens is 1. The van der Waals surface area contributed by atoms with E-state index in [2.05, 4.69) is 28.8 Å². The van der Waals surface area contributed by atoms with E-state index in [4.69, 9.17) is 4.18 Å². The van der Waals surface area contributed by atoms with Crippen LogP contribution >= 0.6 is 28.8 Å². The smallest absolute Gasteiger partial charge is 0.0770 e. The molecule has 9 heavy (non-hydrogen) atoms. The first-order valence-corrected chi connectivity index (χ1v) is 4.49. The van der Waals surface area contributed by atoms with Gasteiger partial charge in [-0.3, -0.25) is 0 Å². The summed E-state index contributed by atoms with van der Waals surface area (Å²) in [5.41, 5.74) is -0.0725. The maximum atomic E-state index is 4.91. The number of alkyl halides is 1. The highest BCUT2D eigenvalue weighted by molar-refractivity contribution is 9.09. The van der Waals surface area contributed by atoms with Gasteiger partial charge in [0.15, 0.2) is 0 Å². The van der Waals surface area contributed by atoms with Crippen LogP contribution in [-0.4, -0.2) is 10.9 Å². The Labute approximate surface area is 70.9 Å². The van der Waals surface area contributed by atoms with Gasteiger partial charge in [0.25, 0.3) is 0 Å². The average Bonchev–Trinajstić information content (AvgIpc) is 1.84. The molecule has 0 saturated carbocycles. The normalized spacial score (nSPS) is 12.0. The molecule has 0 heterocycles. The van der Waals surface area contributed by atoms with Crippen molar-refractivity contribution < 1.29 is 4.18 Å². The summed E-state index contributed by atoms with van der Waals surface area (Å²) < 4.78 is 4.91. The van der Waals surface area contributed by atoms with E-state index in [-0.39, 0.29) is 5.60 Å². The lowest BCUT2D eigenvalue weighted by Crippen LogP contribution is -2.19. The van der Waals surface area contributed by atoms with Crippen LogP contribution in [0.2, 0.25) is 0 Å². The second kappa shape index (κ2) is 4.58. The van der Waals surface area contributed by atoms with Gasteiger partial charge >= 0.3 is 0 Å². The second-order valence-electron chi connectivity index (χ2n) is 2.64. The van der Waals surface area contributed by atoms with Gasteiger partial charge in [-0.2, -0.15) is 0 Å². The van der Waals surface area contributed by atoms with Gasteiger partial charge in [-0.05, 0) is 39.6 Å². The minimum Gasteiger partial charge on any atom is -0.313 e. The summed E-state index contributed by atoms with van der Waals surface area (Å²) in [6, 6.07) is 0. The zero-order valence-electron chi connectivity index (χ0n) is 5.85. The van der Waals surface area contributed by atoms with Gasteiger partial charge in [0.05, 0.1) is 5.60 Å². The third kappa shape index (κ3) is 5.25. The number of hydrogen-bond donors (Lipinski definition) is 1. The highest BCUT2D eigenvalue weighted by atomic mass is 79.9. The Bertz CT molecular complexity index is 75.5. The van der Waals surface area contributed by atoms with Crippen LogP contribution in [0.4, 0.5) is 0 Å². The minimum atomic E-state index is -0.0725. The van der Waals surface area contributed by atoms with Crippen LogP contribution < -0.4 is 0 Å². The van der Waals surface area contributed by atoms with Crippen LogP contribution in [0.1, 0.15) is 26.7 Å². The van der Waals surface area contributed by atoms with Crippen molar-refractivity contribution in [2.45, 2.75) is 32.3 Å². The molecule has 1 nitrogen and oxygen atoms in total. The van der Waals surface area contributed by atoms with Gasteiger partial charge in [-0.15, -0.1) is 0 Å². The first-order chi connectivity index (χ1) is 4.12. The van der Waals surface area contributed by atoms with Crippen LogP contribution in [0.3, 0.4) is 0 Å². The largest absolute Gasteiger partial charge is 0.313 e. The molecule has 0 spiro atoms. The Hall–Kier alpha value is 0.790. The van der Waals surface area contributed by atoms with E-state index >= 15 is 0 Å². The zero-order valence-corrected chi connectivity index (χ0v) is 8.34. The Morgan fingerprint density at radius 1 is 1.56 bits per heavy atom. The monoisotopic (exact) mass is 212 g/mol. The summed E-state index contributed by atoms with van der Waals surface area (Å²) in [4.78, 5) is 0. The van der Waals surface area contributed by atoms with Gasteiger partial charge in [-0.1, -0.05) is 15.9 Å². The summed E-state index contributed by atoms with van der Waals surface area (Å²) in [5, 5.41) is 1.04. The molecule has 0 atom stereocenters. The highest BCUT2D eigenvalue weighted by Crippen LogP contribution is 2.18. The van der Waals surface area contributed by atoms with Gasteiger partial charge in [0.2, 0.25) is 0 Å². The fourth-order valence-corrected chi connectivity index (χ4v) is 0.910. The molecule has 56 valence electrons. The van der Waals surface area contributed by atoms with Gasteiger partial charge in [0.1, 0.15) is 0 Å².